The van der Waals surface area contributed by atoms with E-state index in [-0.39, 0.29) is 17.6 Å². The number of hydrogen-bond acceptors (Lipinski definition) is 8. The maximum Gasteiger partial charge on any atom is 0.311 e. The van der Waals surface area contributed by atoms with Crippen LogP contribution in [0.4, 0.5) is 23.0 Å². The molecule has 2 aromatic heterocycles. The molecule has 0 saturated carbocycles. The summed E-state index contributed by atoms with van der Waals surface area (Å²) in [6.45, 7) is 1.40. The summed E-state index contributed by atoms with van der Waals surface area (Å²) in [5.74, 6) is 0.714. The quantitative estimate of drug-likeness (QED) is 0.454. The van der Waals surface area contributed by atoms with Crippen LogP contribution >= 0.6 is 0 Å². The molecule has 10 nitrogen and oxygen atoms in total. The van der Waals surface area contributed by atoms with Gasteiger partial charge in [0.2, 0.25) is 5.82 Å². The number of ether oxygens (including phenoxy) is 1. The minimum atomic E-state index is -0.464. The highest BCUT2D eigenvalue weighted by atomic mass is 16.6. The van der Waals surface area contributed by atoms with E-state index < -0.39 is 4.92 Å². The summed E-state index contributed by atoms with van der Waals surface area (Å²) in [5, 5.41) is 28.0. The van der Waals surface area contributed by atoms with Gasteiger partial charge in [-0.1, -0.05) is 0 Å². The summed E-state index contributed by atoms with van der Waals surface area (Å²) in [5.41, 5.74) is 1.90. The summed E-state index contributed by atoms with van der Waals surface area (Å²) < 4.78 is 5.57. The van der Waals surface area contributed by atoms with Gasteiger partial charge in [-0.05, 0) is 37.1 Å². The molecule has 0 amide bonds. The van der Waals surface area contributed by atoms with Gasteiger partial charge >= 0.3 is 5.69 Å². The van der Waals surface area contributed by atoms with E-state index in [9.17, 15) is 10.1 Å². The SMILES string of the molecule is O=[N+]([O-])c1ccc(NCC2CCCO2)nc1Nc1ccc2n[nH]nc2c1. The van der Waals surface area contributed by atoms with Crippen molar-refractivity contribution >= 4 is 34.0 Å². The van der Waals surface area contributed by atoms with E-state index in [0.29, 0.717) is 29.1 Å². The number of nitro groups is 1. The summed E-state index contributed by atoms with van der Waals surface area (Å²) in [6.07, 6.45) is 2.21. The van der Waals surface area contributed by atoms with Gasteiger partial charge in [0.05, 0.1) is 11.0 Å². The van der Waals surface area contributed by atoms with Crippen LogP contribution in [0.2, 0.25) is 0 Å². The molecule has 3 heterocycles. The topological polar surface area (TPSA) is 131 Å². The van der Waals surface area contributed by atoms with Crippen LogP contribution in [0.3, 0.4) is 0 Å². The van der Waals surface area contributed by atoms with E-state index in [2.05, 4.69) is 31.0 Å². The third kappa shape index (κ3) is 3.40. The fourth-order valence-electron chi connectivity index (χ4n) is 2.87. The molecule has 1 saturated heterocycles. The first-order chi connectivity index (χ1) is 12.7. The molecule has 0 spiro atoms. The van der Waals surface area contributed by atoms with Crippen molar-refractivity contribution < 1.29 is 9.66 Å². The van der Waals surface area contributed by atoms with Crippen molar-refractivity contribution in [3.63, 3.8) is 0 Å². The van der Waals surface area contributed by atoms with E-state index in [1.165, 1.54) is 6.07 Å². The van der Waals surface area contributed by atoms with E-state index in [1.807, 2.05) is 0 Å². The molecule has 1 aromatic carbocycles. The normalized spacial score (nSPS) is 16.7. The third-order valence-electron chi connectivity index (χ3n) is 4.18. The van der Waals surface area contributed by atoms with Crippen LogP contribution in [0.15, 0.2) is 30.3 Å². The first kappa shape index (κ1) is 16.2. The maximum atomic E-state index is 11.3. The fourth-order valence-corrected chi connectivity index (χ4v) is 2.87. The second-order valence-electron chi connectivity index (χ2n) is 5.99. The zero-order valence-electron chi connectivity index (χ0n) is 13.8. The molecule has 134 valence electrons. The van der Waals surface area contributed by atoms with Crippen molar-refractivity contribution in [1.82, 2.24) is 20.4 Å². The van der Waals surface area contributed by atoms with Gasteiger partial charge in [0.25, 0.3) is 0 Å². The number of anilines is 3. The Morgan fingerprint density at radius 1 is 1.27 bits per heavy atom. The highest BCUT2D eigenvalue weighted by molar-refractivity contribution is 5.80. The van der Waals surface area contributed by atoms with Crippen LogP contribution in [-0.2, 0) is 4.74 Å². The molecule has 0 radical (unpaired) electrons. The molecular weight excluding hydrogens is 338 g/mol. The Morgan fingerprint density at radius 2 is 2.15 bits per heavy atom. The highest BCUT2D eigenvalue weighted by Crippen LogP contribution is 2.28. The summed E-state index contributed by atoms with van der Waals surface area (Å²) in [6, 6.07) is 8.31. The smallest absolute Gasteiger partial charge is 0.311 e. The number of rotatable bonds is 6. The molecule has 1 aliphatic heterocycles. The molecule has 1 aliphatic rings. The number of benzene rings is 1. The molecule has 3 N–H and O–H groups in total. The van der Waals surface area contributed by atoms with Crippen LogP contribution in [0.25, 0.3) is 11.0 Å². The lowest BCUT2D eigenvalue weighted by Crippen LogP contribution is -2.19. The molecular formula is C16H17N7O3. The number of pyridine rings is 1. The van der Waals surface area contributed by atoms with Crippen LogP contribution in [0.5, 0.6) is 0 Å². The predicted molar refractivity (Wildman–Crippen MR) is 95.5 cm³/mol. The first-order valence-corrected chi connectivity index (χ1v) is 8.27. The van der Waals surface area contributed by atoms with Gasteiger partial charge in [0.15, 0.2) is 0 Å². The largest absolute Gasteiger partial charge is 0.376 e. The minimum Gasteiger partial charge on any atom is -0.376 e. The zero-order valence-corrected chi connectivity index (χ0v) is 13.8. The second-order valence-corrected chi connectivity index (χ2v) is 5.99. The number of aromatic nitrogens is 4. The van der Waals surface area contributed by atoms with Gasteiger partial charge in [-0.15, -0.1) is 0 Å². The third-order valence-corrected chi connectivity index (χ3v) is 4.18. The van der Waals surface area contributed by atoms with Crippen LogP contribution in [0, 0.1) is 10.1 Å². The van der Waals surface area contributed by atoms with E-state index in [1.54, 1.807) is 24.3 Å². The molecule has 0 bridgehead atoms. The molecule has 3 aromatic rings. The number of fused-ring (bicyclic) bond motifs is 1. The van der Waals surface area contributed by atoms with E-state index in [4.69, 9.17) is 4.74 Å². The molecule has 4 rings (SSSR count). The lowest BCUT2D eigenvalue weighted by Gasteiger charge is -2.13. The van der Waals surface area contributed by atoms with Gasteiger partial charge in [-0.25, -0.2) is 4.98 Å². The average molecular weight is 355 g/mol. The lowest BCUT2D eigenvalue weighted by atomic mass is 10.2. The van der Waals surface area contributed by atoms with Crippen molar-refractivity contribution in [1.29, 1.82) is 0 Å². The first-order valence-electron chi connectivity index (χ1n) is 8.27. The van der Waals surface area contributed by atoms with Gasteiger partial charge < -0.3 is 15.4 Å². The number of nitrogens with one attached hydrogen (secondary N) is 3. The monoisotopic (exact) mass is 355 g/mol. The molecule has 1 fully saturated rings. The van der Waals surface area contributed by atoms with Crippen molar-refractivity contribution in [3.8, 4) is 0 Å². The van der Waals surface area contributed by atoms with Crippen LogP contribution in [0.1, 0.15) is 12.8 Å². The van der Waals surface area contributed by atoms with Crippen LogP contribution in [-0.4, -0.2) is 44.6 Å². The van der Waals surface area contributed by atoms with E-state index >= 15 is 0 Å². The Morgan fingerprint density at radius 3 is 2.96 bits per heavy atom. The van der Waals surface area contributed by atoms with Crippen molar-refractivity contribution in [2.75, 3.05) is 23.8 Å². The van der Waals surface area contributed by atoms with Crippen molar-refractivity contribution in [2.45, 2.75) is 18.9 Å². The molecule has 1 atom stereocenters. The minimum absolute atomic E-state index is 0.104. The van der Waals surface area contributed by atoms with Crippen molar-refractivity contribution in [2.24, 2.45) is 0 Å². The Bertz CT molecular complexity index is 936. The molecule has 10 heteroatoms. The van der Waals surface area contributed by atoms with Gasteiger partial charge in [-0.2, -0.15) is 15.4 Å². The van der Waals surface area contributed by atoms with Crippen molar-refractivity contribution in [3.05, 3.63) is 40.4 Å². The summed E-state index contributed by atoms with van der Waals surface area (Å²) in [7, 11) is 0. The van der Waals surface area contributed by atoms with Gasteiger partial charge in [-0.3, -0.25) is 10.1 Å². The average Bonchev–Trinajstić information content (AvgIpc) is 3.31. The Hall–Kier alpha value is -3.27. The predicted octanol–water partition coefficient (Wildman–Crippen LogP) is 2.60. The Balaban J connectivity index is 1.56. The maximum absolute atomic E-state index is 11.3. The van der Waals surface area contributed by atoms with Gasteiger partial charge in [0, 0.05) is 24.9 Å². The highest BCUT2D eigenvalue weighted by Gasteiger charge is 2.19. The lowest BCUT2D eigenvalue weighted by molar-refractivity contribution is -0.384. The molecule has 1 unspecified atom stereocenters. The second kappa shape index (κ2) is 6.92. The standard InChI is InChI=1S/C16H17N7O3/c24-23(25)14-5-6-15(17-9-11-2-1-7-26-11)19-16(14)18-10-3-4-12-13(8-10)21-22-20-12/h3-6,8,11H,1-2,7,9H2,(H2,17,18,19)(H,20,21,22). The number of nitrogens with zero attached hydrogens (tertiary/aromatic N) is 4. The Kier molecular flexibility index (Phi) is 4.32. The summed E-state index contributed by atoms with van der Waals surface area (Å²) in [4.78, 5) is 15.2. The summed E-state index contributed by atoms with van der Waals surface area (Å²) >= 11 is 0. The van der Waals surface area contributed by atoms with E-state index in [0.717, 1.165) is 19.4 Å². The fraction of sp³-hybridized carbons (Fsp3) is 0.312. The zero-order chi connectivity index (χ0) is 17.9. The number of aromatic amines is 1. The van der Waals surface area contributed by atoms with Crippen LogP contribution < -0.4 is 10.6 Å². The molecule has 0 aliphatic carbocycles. The number of H-pyrrole nitrogens is 1. The van der Waals surface area contributed by atoms with Gasteiger partial charge in [0.1, 0.15) is 16.9 Å². The Labute approximate surface area is 148 Å². The molecule has 26 heavy (non-hydrogen) atoms. The number of hydrogen-bond donors (Lipinski definition) is 3.